The maximum Gasteiger partial charge on any atom is 0.419 e. The highest BCUT2D eigenvalue weighted by Gasteiger charge is 2.37. The van der Waals surface area contributed by atoms with Crippen LogP contribution in [0.25, 0.3) is 0 Å². The van der Waals surface area contributed by atoms with Gasteiger partial charge in [0.05, 0.1) is 36.1 Å². The maximum absolute atomic E-state index is 15.8. The molecule has 1 saturated carbocycles. The monoisotopic (exact) mass is 646 g/mol. The summed E-state index contributed by atoms with van der Waals surface area (Å²) in [7, 11) is 2.81. The number of halogens is 4. The van der Waals surface area contributed by atoms with Crippen LogP contribution in [0.5, 0.6) is 11.5 Å². The van der Waals surface area contributed by atoms with Crippen LogP contribution in [-0.2, 0) is 26.9 Å². The summed E-state index contributed by atoms with van der Waals surface area (Å²) < 4.78 is 74.3. The molecule has 0 radical (unpaired) electrons. The molecule has 4 rings (SSSR count). The molecular formula is C34H38F4N2O6. The van der Waals surface area contributed by atoms with Crippen molar-refractivity contribution in [2.24, 2.45) is 11.8 Å². The van der Waals surface area contributed by atoms with E-state index in [1.165, 1.54) is 25.2 Å². The van der Waals surface area contributed by atoms with Crippen LogP contribution in [0.15, 0.2) is 48.5 Å². The van der Waals surface area contributed by atoms with Crippen LogP contribution in [0.1, 0.15) is 65.5 Å². The number of methoxy groups -OCH3 is 2. The predicted molar refractivity (Wildman–Crippen MR) is 163 cm³/mol. The van der Waals surface area contributed by atoms with E-state index >= 15 is 4.39 Å². The van der Waals surface area contributed by atoms with Crippen molar-refractivity contribution in [1.29, 1.82) is 0 Å². The third-order valence-corrected chi connectivity index (χ3v) is 8.13. The number of carboxylic acid groups (broad SMARTS) is 1. The third kappa shape index (κ3) is 8.41. The number of aromatic carboxylic acids is 1. The van der Waals surface area contributed by atoms with Gasteiger partial charge in [0.25, 0.3) is 0 Å². The van der Waals surface area contributed by atoms with Crippen molar-refractivity contribution in [3.63, 3.8) is 0 Å². The van der Waals surface area contributed by atoms with Gasteiger partial charge in [-0.05, 0) is 68.4 Å². The second-order valence-electron chi connectivity index (χ2n) is 11.7. The number of carbonyl (C=O) groups is 2. The van der Waals surface area contributed by atoms with E-state index in [1.54, 1.807) is 25.1 Å². The number of benzene rings is 2. The van der Waals surface area contributed by atoms with E-state index in [0.717, 1.165) is 37.1 Å². The molecule has 2 aromatic carbocycles. The fourth-order valence-electron chi connectivity index (χ4n) is 5.80. The van der Waals surface area contributed by atoms with Crippen molar-refractivity contribution in [1.82, 2.24) is 4.98 Å². The number of aromatic nitrogens is 1. The molecule has 1 heterocycles. The molecule has 1 fully saturated rings. The van der Waals surface area contributed by atoms with E-state index in [4.69, 9.17) is 14.2 Å². The van der Waals surface area contributed by atoms with Gasteiger partial charge in [-0.2, -0.15) is 13.2 Å². The number of nitrogens with zero attached hydrogens (tertiary/aromatic N) is 2. The van der Waals surface area contributed by atoms with E-state index in [-0.39, 0.29) is 25.3 Å². The van der Waals surface area contributed by atoms with E-state index in [1.807, 2.05) is 0 Å². The lowest BCUT2D eigenvalue weighted by molar-refractivity contribution is -0.138. The minimum absolute atomic E-state index is 0.0407. The van der Waals surface area contributed by atoms with Crippen LogP contribution in [0.3, 0.4) is 0 Å². The number of amides is 1. The summed E-state index contributed by atoms with van der Waals surface area (Å²) in [6.07, 6.45) is -2.00. The van der Waals surface area contributed by atoms with Crippen molar-refractivity contribution in [3.05, 3.63) is 82.4 Å². The Balaban J connectivity index is 1.75. The molecule has 12 heteroatoms. The van der Waals surface area contributed by atoms with Crippen molar-refractivity contribution in [2.45, 2.75) is 58.2 Å². The Hall–Kier alpha value is -4.03. The molecule has 1 aromatic heterocycles. The zero-order valence-electron chi connectivity index (χ0n) is 26.2. The number of ether oxygens (including phenoxy) is 3. The lowest BCUT2D eigenvalue weighted by Gasteiger charge is -2.36. The molecule has 8 nitrogen and oxygen atoms in total. The molecule has 0 spiro atoms. The van der Waals surface area contributed by atoms with Gasteiger partial charge in [-0.25, -0.2) is 9.18 Å². The zero-order chi connectivity index (χ0) is 33.6. The van der Waals surface area contributed by atoms with Crippen molar-refractivity contribution >= 4 is 17.6 Å². The first-order valence-electron chi connectivity index (χ1n) is 15.0. The van der Waals surface area contributed by atoms with Gasteiger partial charge in [-0.1, -0.05) is 19.1 Å². The highest BCUT2D eigenvalue weighted by Crippen LogP contribution is 2.41. The van der Waals surface area contributed by atoms with Gasteiger partial charge in [-0.15, -0.1) is 0 Å². The van der Waals surface area contributed by atoms with Crippen LogP contribution in [-0.4, -0.2) is 55.4 Å². The normalized spacial score (nSPS) is 16.8. The van der Waals surface area contributed by atoms with Gasteiger partial charge >= 0.3 is 12.1 Å². The van der Waals surface area contributed by atoms with Crippen LogP contribution >= 0.6 is 0 Å². The second kappa shape index (κ2) is 15.0. The summed E-state index contributed by atoms with van der Waals surface area (Å²) in [5, 5.41) is 10.2. The van der Waals surface area contributed by atoms with Gasteiger partial charge < -0.3 is 24.2 Å². The largest absolute Gasteiger partial charge is 0.478 e. The number of alkyl halides is 3. The smallest absolute Gasteiger partial charge is 0.419 e. The SMILES string of the molecule is COCC(COC)N(C(=O)C1CCC(C)CC1)c1cc(F)c(Oc2ccc(Cc3cccc(C)n3)cc2C(F)(F)F)cc1C(=O)O. The molecule has 1 amide bonds. The molecule has 46 heavy (non-hydrogen) atoms. The highest BCUT2D eigenvalue weighted by atomic mass is 19.4. The molecule has 0 aliphatic heterocycles. The highest BCUT2D eigenvalue weighted by molar-refractivity contribution is 6.03. The Bertz CT molecular complexity index is 1530. The molecular weight excluding hydrogens is 608 g/mol. The van der Waals surface area contributed by atoms with Crippen LogP contribution in [0, 0.1) is 24.6 Å². The third-order valence-electron chi connectivity index (χ3n) is 8.13. The minimum atomic E-state index is -4.87. The van der Waals surface area contributed by atoms with Gasteiger partial charge in [0.1, 0.15) is 5.75 Å². The average Bonchev–Trinajstić information content (AvgIpc) is 2.99. The Morgan fingerprint density at radius 1 is 1.00 bits per heavy atom. The second-order valence-corrected chi connectivity index (χ2v) is 11.7. The molecule has 1 aliphatic carbocycles. The molecule has 1 aliphatic rings. The van der Waals surface area contributed by atoms with E-state index in [9.17, 15) is 27.9 Å². The number of carbonyl (C=O) groups excluding carboxylic acids is 1. The first kappa shape index (κ1) is 34.8. The number of anilines is 1. The standard InChI is InChI=1S/C34H38F4N2O6/c1-20-8-11-23(12-9-20)32(41)40(25(18-44-3)19-45-4)29-17-28(35)31(16-26(29)33(42)43)46-30-13-10-22(15-27(30)34(36,37)38)14-24-7-5-6-21(2)39-24/h5-7,10,13,15-17,20,23,25H,8-9,11-12,14,18-19H2,1-4H3,(H,42,43). The van der Waals surface area contributed by atoms with Gasteiger partial charge in [0.15, 0.2) is 11.6 Å². The first-order chi connectivity index (χ1) is 21.8. The first-order valence-corrected chi connectivity index (χ1v) is 15.0. The Morgan fingerprint density at radius 3 is 2.26 bits per heavy atom. The quantitative estimate of drug-likeness (QED) is 0.204. The average molecular weight is 647 g/mol. The molecule has 0 atom stereocenters. The van der Waals surface area contributed by atoms with Crippen LogP contribution in [0.4, 0.5) is 23.2 Å². The molecule has 0 saturated heterocycles. The number of hydrogen-bond donors (Lipinski definition) is 1. The van der Waals surface area contributed by atoms with Crippen LogP contribution in [0.2, 0.25) is 0 Å². The zero-order valence-corrected chi connectivity index (χ0v) is 26.2. The Kier molecular flexibility index (Phi) is 11.4. The summed E-state index contributed by atoms with van der Waals surface area (Å²) in [5.41, 5.74) is -0.378. The number of hydrogen-bond acceptors (Lipinski definition) is 6. The summed E-state index contributed by atoms with van der Waals surface area (Å²) in [6.45, 7) is 3.78. The summed E-state index contributed by atoms with van der Waals surface area (Å²) in [5.74, 6) is -4.53. The fraction of sp³-hybridized carbons (Fsp3) is 0.441. The summed E-state index contributed by atoms with van der Waals surface area (Å²) >= 11 is 0. The fourth-order valence-corrected chi connectivity index (χ4v) is 5.80. The number of rotatable bonds is 12. The van der Waals surface area contributed by atoms with Crippen molar-refractivity contribution < 1.29 is 46.5 Å². The lowest BCUT2D eigenvalue weighted by atomic mass is 9.82. The van der Waals surface area contributed by atoms with Crippen molar-refractivity contribution in [2.75, 3.05) is 32.3 Å². The van der Waals surface area contributed by atoms with E-state index in [2.05, 4.69) is 11.9 Å². The molecule has 0 bridgehead atoms. The number of pyridine rings is 1. The van der Waals surface area contributed by atoms with E-state index < -0.39 is 58.5 Å². The van der Waals surface area contributed by atoms with Gasteiger partial charge in [0.2, 0.25) is 5.91 Å². The molecule has 3 aromatic rings. The number of carboxylic acids is 1. The van der Waals surface area contributed by atoms with Gasteiger partial charge in [0, 0.05) is 50.1 Å². The maximum atomic E-state index is 15.8. The Morgan fingerprint density at radius 2 is 1.67 bits per heavy atom. The lowest BCUT2D eigenvalue weighted by Crippen LogP contribution is -2.49. The number of aryl methyl sites for hydroxylation is 1. The molecule has 1 N–H and O–H groups in total. The van der Waals surface area contributed by atoms with Crippen LogP contribution < -0.4 is 9.64 Å². The van der Waals surface area contributed by atoms with Gasteiger partial charge in [-0.3, -0.25) is 9.78 Å². The van der Waals surface area contributed by atoms with E-state index in [0.29, 0.717) is 35.7 Å². The molecule has 248 valence electrons. The van der Waals surface area contributed by atoms with Crippen molar-refractivity contribution in [3.8, 4) is 11.5 Å². The Labute approximate surface area is 265 Å². The predicted octanol–water partition coefficient (Wildman–Crippen LogP) is 7.45. The minimum Gasteiger partial charge on any atom is -0.478 e. The molecule has 0 unspecified atom stereocenters. The summed E-state index contributed by atoms with van der Waals surface area (Å²) in [4.78, 5) is 32.0. The summed E-state index contributed by atoms with van der Waals surface area (Å²) in [6, 6.07) is 9.40. The topological polar surface area (TPSA) is 98.2 Å².